The van der Waals surface area contributed by atoms with E-state index >= 15 is 0 Å². The molecule has 0 unspecified atom stereocenters. The fraction of sp³-hybridized carbons (Fsp3) is 0.312. The van der Waals surface area contributed by atoms with Gasteiger partial charge in [-0.05, 0) is 37.0 Å². The Morgan fingerprint density at radius 1 is 1.33 bits per heavy atom. The minimum absolute atomic E-state index is 0.113. The van der Waals surface area contributed by atoms with E-state index in [2.05, 4.69) is 10.1 Å². The summed E-state index contributed by atoms with van der Waals surface area (Å²) in [5, 5.41) is 4.48. The highest BCUT2D eigenvalue weighted by molar-refractivity contribution is 7.93. The molecule has 11 heteroatoms. The smallest absolute Gasteiger partial charge is 0.360 e. The van der Waals surface area contributed by atoms with Gasteiger partial charge in [0.25, 0.3) is 10.0 Å². The van der Waals surface area contributed by atoms with Crippen LogP contribution in [0.3, 0.4) is 0 Å². The second-order valence-electron chi connectivity index (χ2n) is 6.48. The quantitative estimate of drug-likeness (QED) is 0.650. The lowest BCUT2D eigenvalue weighted by Gasteiger charge is -2.13. The van der Waals surface area contributed by atoms with Gasteiger partial charge in [0, 0.05) is 28.7 Å². The highest BCUT2D eigenvalue weighted by Crippen LogP contribution is 2.39. The van der Waals surface area contributed by atoms with Crippen molar-refractivity contribution in [2.45, 2.75) is 30.5 Å². The number of halogens is 4. The predicted octanol–water partition coefficient (Wildman–Crippen LogP) is 4.25. The van der Waals surface area contributed by atoms with E-state index in [-0.39, 0.29) is 17.4 Å². The van der Waals surface area contributed by atoms with Gasteiger partial charge in [-0.25, -0.2) is 8.42 Å². The molecule has 0 radical (unpaired) electrons. The molecule has 2 N–H and O–H groups in total. The molecule has 3 aromatic rings. The molecule has 0 saturated heterocycles. The zero-order chi connectivity index (χ0) is 19.4. The molecule has 1 saturated carbocycles. The molecule has 0 amide bonds. The van der Waals surface area contributed by atoms with Crippen molar-refractivity contribution < 1.29 is 21.6 Å². The van der Waals surface area contributed by atoms with Crippen LogP contribution in [0.1, 0.15) is 18.5 Å². The summed E-state index contributed by atoms with van der Waals surface area (Å²) >= 11 is 5.87. The molecule has 2 aromatic heterocycles. The highest BCUT2D eigenvalue weighted by Gasteiger charge is 2.40. The fourth-order valence-corrected chi connectivity index (χ4v) is 4.34. The SMILES string of the molecule is O=S(=O)(Nc1cnn(CC2CC2)c1C(F)(F)F)c1c[nH]c2cc(Cl)ccc12. The normalized spacial score (nSPS) is 15.4. The maximum atomic E-state index is 13.5. The number of alkyl halides is 3. The first-order valence-electron chi connectivity index (χ1n) is 8.07. The third-order valence-corrected chi connectivity index (χ3v) is 6.02. The number of nitrogens with one attached hydrogen (secondary N) is 2. The first-order chi connectivity index (χ1) is 12.6. The van der Waals surface area contributed by atoms with Crippen molar-refractivity contribution in [2.24, 2.45) is 5.92 Å². The van der Waals surface area contributed by atoms with Crippen molar-refractivity contribution in [1.82, 2.24) is 14.8 Å². The number of anilines is 1. The summed E-state index contributed by atoms with van der Waals surface area (Å²) in [7, 11) is -4.27. The first kappa shape index (κ1) is 18.2. The predicted molar refractivity (Wildman–Crippen MR) is 94.1 cm³/mol. The number of aromatic amines is 1. The number of aromatic nitrogens is 3. The van der Waals surface area contributed by atoms with Crippen LogP contribution >= 0.6 is 11.6 Å². The van der Waals surface area contributed by atoms with Crippen molar-refractivity contribution >= 4 is 38.2 Å². The van der Waals surface area contributed by atoms with Crippen LogP contribution in [0, 0.1) is 5.92 Å². The lowest BCUT2D eigenvalue weighted by atomic mass is 10.2. The molecule has 6 nitrogen and oxygen atoms in total. The minimum atomic E-state index is -4.74. The number of fused-ring (bicyclic) bond motifs is 1. The van der Waals surface area contributed by atoms with Gasteiger partial charge in [-0.1, -0.05) is 11.6 Å². The second kappa shape index (κ2) is 6.16. The number of H-pyrrole nitrogens is 1. The van der Waals surface area contributed by atoms with Gasteiger partial charge in [0.05, 0.1) is 11.9 Å². The lowest BCUT2D eigenvalue weighted by Crippen LogP contribution is -2.20. The van der Waals surface area contributed by atoms with Gasteiger partial charge in [0.2, 0.25) is 0 Å². The molecule has 0 aliphatic heterocycles. The molecular weight excluding hydrogens is 405 g/mol. The average Bonchev–Trinajstić information content (AvgIpc) is 3.11. The van der Waals surface area contributed by atoms with Gasteiger partial charge in [0.1, 0.15) is 4.90 Å². The number of benzene rings is 1. The Morgan fingerprint density at radius 3 is 2.74 bits per heavy atom. The number of nitrogens with zero attached hydrogens (tertiary/aromatic N) is 2. The zero-order valence-electron chi connectivity index (χ0n) is 13.7. The maximum absolute atomic E-state index is 13.5. The van der Waals surface area contributed by atoms with E-state index in [1.807, 2.05) is 4.72 Å². The van der Waals surface area contributed by atoms with Gasteiger partial charge in [-0.2, -0.15) is 18.3 Å². The highest BCUT2D eigenvalue weighted by atomic mass is 35.5. The van der Waals surface area contributed by atoms with Crippen molar-refractivity contribution in [1.29, 1.82) is 0 Å². The second-order valence-corrected chi connectivity index (χ2v) is 8.57. The molecule has 1 aliphatic carbocycles. The van der Waals surface area contributed by atoms with E-state index in [0.717, 1.165) is 23.7 Å². The van der Waals surface area contributed by atoms with Crippen LogP contribution in [0.2, 0.25) is 5.02 Å². The number of sulfonamides is 1. The van der Waals surface area contributed by atoms with Gasteiger partial charge in [0.15, 0.2) is 5.69 Å². The van der Waals surface area contributed by atoms with Gasteiger partial charge >= 0.3 is 6.18 Å². The molecule has 144 valence electrons. The summed E-state index contributed by atoms with van der Waals surface area (Å²) in [6.07, 6.45) is -0.942. The fourth-order valence-electron chi connectivity index (χ4n) is 2.94. The lowest BCUT2D eigenvalue weighted by molar-refractivity contribution is -0.143. The summed E-state index contributed by atoms with van der Waals surface area (Å²) in [6.45, 7) is 0.113. The first-order valence-corrected chi connectivity index (χ1v) is 9.94. The van der Waals surface area contributed by atoms with Crippen LogP contribution in [0.5, 0.6) is 0 Å². The molecular formula is C16H14ClF3N4O2S. The molecule has 1 aromatic carbocycles. The van der Waals surface area contributed by atoms with E-state index in [9.17, 15) is 21.6 Å². The summed E-state index contributed by atoms with van der Waals surface area (Å²) in [6, 6.07) is 4.53. The van der Waals surface area contributed by atoms with Crippen LogP contribution in [-0.4, -0.2) is 23.2 Å². The number of hydrogen-bond donors (Lipinski definition) is 2. The monoisotopic (exact) mass is 418 g/mol. The van der Waals surface area contributed by atoms with E-state index < -0.39 is 27.6 Å². The van der Waals surface area contributed by atoms with E-state index in [1.165, 1.54) is 24.4 Å². The third kappa shape index (κ3) is 3.51. The number of rotatable bonds is 5. The number of hydrogen-bond acceptors (Lipinski definition) is 3. The van der Waals surface area contributed by atoms with Crippen molar-refractivity contribution in [2.75, 3.05) is 4.72 Å². The molecule has 27 heavy (non-hydrogen) atoms. The Bertz CT molecular complexity index is 1120. The van der Waals surface area contributed by atoms with Gasteiger partial charge in [-0.3, -0.25) is 9.40 Å². The topological polar surface area (TPSA) is 79.8 Å². The molecule has 4 rings (SSSR count). The van der Waals surface area contributed by atoms with Crippen LogP contribution in [0.25, 0.3) is 10.9 Å². The largest absolute Gasteiger partial charge is 0.435 e. The zero-order valence-corrected chi connectivity index (χ0v) is 15.3. The molecule has 2 heterocycles. The maximum Gasteiger partial charge on any atom is 0.435 e. The summed E-state index contributed by atoms with van der Waals surface area (Å²) in [5.41, 5.74) is -1.23. The molecule has 0 spiro atoms. The molecule has 1 fully saturated rings. The Labute approximate surface area is 157 Å². The van der Waals surface area contributed by atoms with Crippen LogP contribution in [0.4, 0.5) is 18.9 Å². The van der Waals surface area contributed by atoms with Gasteiger partial charge in [-0.15, -0.1) is 0 Å². The van der Waals surface area contributed by atoms with Gasteiger partial charge < -0.3 is 4.98 Å². The molecule has 0 atom stereocenters. The van der Waals surface area contributed by atoms with Crippen molar-refractivity contribution in [3.8, 4) is 0 Å². The van der Waals surface area contributed by atoms with Crippen LogP contribution in [0.15, 0.2) is 35.5 Å². The van der Waals surface area contributed by atoms with E-state index in [4.69, 9.17) is 11.6 Å². The summed E-state index contributed by atoms with van der Waals surface area (Å²) in [4.78, 5) is 2.59. The van der Waals surface area contributed by atoms with E-state index in [0.29, 0.717) is 15.9 Å². The minimum Gasteiger partial charge on any atom is -0.360 e. The Morgan fingerprint density at radius 2 is 2.07 bits per heavy atom. The summed E-state index contributed by atoms with van der Waals surface area (Å²) < 4.78 is 68.8. The van der Waals surface area contributed by atoms with E-state index in [1.54, 1.807) is 0 Å². The van der Waals surface area contributed by atoms with Crippen molar-refractivity contribution in [3.63, 3.8) is 0 Å². The Balaban J connectivity index is 1.73. The average molecular weight is 419 g/mol. The van der Waals surface area contributed by atoms with Crippen molar-refractivity contribution in [3.05, 3.63) is 41.3 Å². The van der Waals surface area contributed by atoms with Crippen LogP contribution < -0.4 is 4.72 Å². The Hall–Kier alpha value is -2.20. The summed E-state index contributed by atoms with van der Waals surface area (Å²) in [5.74, 6) is 0.147. The van der Waals surface area contributed by atoms with Crippen LogP contribution in [-0.2, 0) is 22.7 Å². The molecule has 1 aliphatic rings. The molecule has 0 bridgehead atoms. The third-order valence-electron chi connectivity index (χ3n) is 4.38. The Kier molecular flexibility index (Phi) is 4.15. The standard InChI is InChI=1S/C16H14ClF3N4O2S/c17-10-3-4-11-12(5-10)21-7-14(11)27(25,26)23-13-6-22-24(8-9-1-2-9)15(13)16(18,19)20/h3-7,9,21,23H,1-2,8H2.